The van der Waals surface area contributed by atoms with E-state index in [1.54, 1.807) is 17.0 Å². The van der Waals surface area contributed by atoms with Crippen molar-refractivity contribution in [2.24, 2.45) is 0 Å². The predicted octanol–water partition coefficient (Wildman–Crippen LogP) is 1.03. The number of carbonyl (C=O) groups excluding carboxylic acids is 1. The van der Waals surface area contributed by atoms with E-state index in [-0.39, 0.29) is 0 Å². The molecule has 0 radical (unpaired) electrons. The lowest BCUT2D eigenvalue weighted by Crippen LogP contribution is -2.49. The van der Waals surface area contributed by atoms with Gasteiger partial charge < -0.3 is 15.1 Å². The number of anilines is 1. The van der Waals surface area contributed by atoms with Crippen LogP contribution in [-0.4, -0.2) is 47.5 Å². The lowest BCUT2D eigenvalue weighted by Gasteiger charge is -2.34. The summed E-state index contributed by atoms with van der Waals surface area (Å²) in [6.45, 7) is 2.82. The van der Waals surface area contributed by atoms with Crippen molar-refractivity contribution in [2.75, 3.05) is 31.5 Å². The Morgan fingerprint density at radius 2 is 2.11 bits per heavy atom. The van der Waals surface area contributed by atoms with Crippen LogP contribution >= 0.6 is 12.2 Å². The number of benzene rings is 1. The van der Waals surface area contributed by atoms with Gasteiger partial charge in [-0.1, -0.05) is 6.07 Å². The number of rotatable bonds is 2. The van der Waals surface area contributed by atoms with E-state index in [2.05, 4.69) is 11.4 Å². The van der Waals surface area contributed by atoms with Crippen molar-refractivity contribution in [1.29, 1.82) is 5.26 Å². The molecule has 1 N–H and O–H groups in total. The molecule has 0 aromatic heterocycles. The van der Waals surface area contributed by atoms with E-state index >= 15 is 0 Å². The maximum Gasteiger partial charge on any atom is 0.209 e. The minimum atomic E-state index is 0.596. The lowest BCUT2D eigenvalue weighted by atomic mass is 10.2. The molecule has 98 valence electrons. The van der Waals surface area contributed by atoms with E-state index in [0.717, 1.165) is 25.2 Å². The van der Waals surface area contributed by atoms with Crippen molar-refractivity contribution < 1.29 is 4.79 Å². The fourth-order valence-corrected chi connectivity index (χ4v) is 2.20. The van der Waals surface area contributed by atoms with Crippen LogP contribution in [0.1, 0.15) is 5.56 Å². The first kappa shape index (κ1) is 13.3. The summed E-state index contributed by atoms with van der Waals surface area (Å²) in [5.41, 5.74) is 1.40. The van der Waals surface area contributed by atoms with Crippen LogP contribution in [0.4, 0.5) is 5.69 Å². The van der Waals surface area contributed by atoms with Crippen LogP contribution in [0.25, 0.3) is 0 Å². The van der Waals surface area contributed by atoms with E-state index in [0.29, 0.717) is 23.8 Å². The molecule has 2 rings (SSSR count). The molecular weight excluding hydrogens is 260 g/mol. The Hall–Kier alpha value is -2.13. The number of carbonyl (C=O) groups is 1. The van der Waals surface area contributed by atoms with Gasteiger partial charge in [0, 0.05) is 31.9 Å². The van der Waals surface area contributed by atoms with Gasteiger partial charge >= 0.3 is 0 Å². The zero-order valence-electron chi connectivity index (χ0n) is 10.4. The summed E-state index contributed by atoms with van der Waals surface area (Å²) in [7, 11) is 0. The molecule has 0 saturated carbocycles. The van der Waals surface area contributed by atoms with E-state index in [1.807, 2.05) is 17.0 Å². The van der Waals surface area contributed by atoms with Gasteiger partial charge in [0.05, 0.1) is 11.6 Å². The second-order valence-corrected chi connectivity index (χ2v) is 4.64. The van der Waals surface area contributed by atoms with E-state index in [9.17, 15) is 4.79 Å². The molecule has 1 saturated heterocycles. The number of piperazine rings is 1. The molecule has 5 nitrogen and oxygen atoms in total. The quantitative estimate of drug-likeness (QED) is 0.645. The molecule has 0 unspecified atom stereocenters. The molecule has 0 atom stereocenters. The molecule has 1 aromatic carbocycles. The number of hydrogen-bond acceptors (Lipinski definition) is 3. The molecule has 1 heterocycles. The van der Waals surface area contributed by atoms with Gasteiger partial charge in [-0.2, -0.15) is 5.26 Å². The zero-order chi connectivity index (χ0) is 13.7. The van der Waals surface area contributed by atoms with Gasteiger partial charge in [-0.25, -0.2) is 0 Å². The summed E-state index contributed by atoms with van der Waals surface area (Å²) in [6.07, 6.45) is 0.865. The number of nitrogens with zero attached hydrogens (tertiary/aromatic N) is 3. The molecule has 1 aliphatic heterocycles. The summed E-state index contributed by atoms with van der Waals surface area (Å²) in [4.78, 5) is 14.4. The van der Waals surface area contributed by atoms with Gasteiger partial charge in [0.25, 0.3) is 0 Å². The maximum atomic E-state index is 10.6. The summed E-state index contributed by atoms with van der Waals surface area (Å²) in [5.74, 6) is 0. The first-order valence-electron chi connectivity index (χ1n) is 5.98. The second kappa shape index (κ2) is 6.16. The van der Waals surface area contributed by atoms with Gasteiger partial charge in [0.2, 0.25) is 6.41 Å². The molecular formula is C13H14N4OS. The van der Waals surface area contributed by atoms with Gasteiger partial charge in [-0.15, -0.1) is 0 Å². The molecule has 1 amide bonds. The fraction of sp³-hybridized carbons (Fsp3) is 0.308. The summed E-state index contributed by atoms with van der Waals surface area (Å²) in [5, 5.41) is 12.6. The minimum absolute atomic E-state index is 0.596. The monoisotopic (exact) mass is 274 g/mol. The van der Waals surface area contributed by atoms with Crippen molar-refractivity contribution in [2.45, 2.75) is 0 Å². The number of nitrogens with one attached hydrogen (secondary N) is 1. The van der Waals surface area contributed by atoms with Crippen molar-refractivity contribution >= 4 is 29.4 Å². The summed E-state index contributed by atoms with van der Waals surface area (Å²) in [6, 6.07) is 9.28. The van der Waals surface area contributed by atoms with Crippen LogP contribution < -0.4 is 5.32 Å². The topological polar surface area (TPSA) is 59.4 Å². The molecule has 0 aliphatic carbocycles. The Labute approximate surface area is 117 Å². The normalized spacial score (nSPS) is 14.7. The predicted molar refractivity (Wildman–Crippen MR) is 76.6 cm³/mol. The average Bonchev–Trinajstić information content (AvgIpc) is 2.47. The van der Waals surface area contributed by atoms with Crippen molar-refractivity contribution in [3.8, 4) is 6.07 Å². The SMILES string of the molecule is N#Cc1cccc(NC(=S)N2CCN(C=O)CC2)c1. The van der Waals surface area contributed by atoms with Crippen LogP contribution in [-0.2, 0) is 4.79 Å². The average molecular weight is 274 g/mol. The van der Waals surface area contributed by atoms with E-state index in [4.69, 9.17) is 17.5 Å². The van der Waals surface area contributed by atoms with Crippen LogP contribution in [0.3, 0.4) is 0 Å². The summed E-state index contributed by atoms with van der Waals surface area (Å²) >= 11 is 5.34. The van der Waals surface area contributed by atoms with Gasteiger partial charge in [-0.3, -0.25) is 4.79 Å². The standard InChI is InChI=1S/C13H14N4OS/c14-9-11-2-1-3-12(8-11)15-13(19)17-6-4-16(10-18)5-7-17/h1-3,8,10H,4-7H2,(H,15,19). The van der Waals surface area contributed by atoms with E-state index in [1.165, 1.54) is 0 Å². The van der Waals surface area contributed by atoms with Crippen LogP contribution in [0.2, 0.25) is 0 Å². The third-order valence-corrected chi connectivity index (χ3v) is 3.35. The Bertz CT molecular complexity index is 518. The highest BCUT2D eigenvalue weighted by molar-refractivity contribution is 7.80. The Balaban J connectivity index is 1.94. The van der Waals surface area contributed by atoms with Gasteiger partial charge in [0.15, 0.2) is 5.11 Å². The number of nitriles is 1. The zero-order valence-corrected chi connectivity index (χ0v) is 11.2. The van der Waals surface area contributed by atoms with E-state index < -0.39 is 0 Å². The highest BCUT2D eigenvalue weighted by Crippen LogP contribution is 2.11. The molecule has 0 bridgehead atoms. The first-order chi connectivity index (χ1) is 9.22. The lowest BCUT2D eigenvalue weighted by molar-refractivity contribution is -0.119. The highest BCUT2D eigenvalue weighted by Gasteiger charge is 2.17. The molecule has 1 aliphatic rings. The molecule has 6 heteroatoms. The third-order valence-electron chi connectivity index (χ3n) is 2.99. The molecule has 19 heavy (non-hydrogen) atoms. The van der Waals surface area contributed by atoms with Crippen molar-refractivity contribution in [3.05, 3.63) is 29.8 Å². The van der Waals surface area contributed by atoms with Crippen LogP contribution in [0, 0.1) is 11.3 Å². The largest absolute Gasteiger partial charge is 0.345 e. The summed E-state index contributed by atoms with van der Waals surface area (Å²) < 4.78 is 0. The Morgan fingerprint density at radius 1 is 1.37 bits per heavy atom. The van der Waals surface area contributed by atoms with Gasteiger partial charge in [0.1, 0.15) is 0 Å². The van der Waals surface area contributed by atoms with Crippen LogP contribution in [0.5, 0.6) is 0 Å². The maximum absolute atomic E-state index is 10.6. The van der Waals surface area contributed by atoms with Crippen LogP contribution in [0.15, 0.2) is 24.3 Å². The second-order valence-electron chi connectivity index (χ2n) is 4.25. The van der Waals surface area contributed by atoms with Crippen molar-refractivity contribution in [1.82, 2.24) is 9.80 Å². The smallest absolute Gasteiger partial charge is 0.209 e. The molecule has 1 aromatic rings. The highest BCUT2D eigenvalue weighted by atomic mass is 32.1. The first-order valence-corrected chi connectivity index (χ1v) is 6.39. The third kappa shape index (κ3) is 3.42. The molecule has 0 spiro atoms. The van der Waals surface area contributed by atoms with Gasteiger partial charge in [-0.05, 0) is 30.4 Å². The Kier molecular flexibility index (Phi) is 4.31. The fourth-order valence-electron chi connectivity index (χ4n) is 1.90. The van der Waals surface area contributed by atoms with Crippen molar-refractivity contribution in [3.63, 3.8) is 0 Å². The Morgan fingerprint density at radius 3 is 2.74 bits per heavy atom. The number of hydrogen-bond donors (Lipinski definition) is 1. The number of thiocarbonyl (C=S) groups is 1. The minimum Gasteiger partial charge on any atom is -0.345 e. The molecule has 1 fully saturated rings. The number of amides is 1.